The number of amides is 2. The van der Waals surface area contributed by atoms with E-state index in [1.807, 2.05) is 30.3 Å². The third kappa shape index (κ3) is 2.97. The predicted molar refractivity (Wildman–Crippen MR) is 72.5 cm³/mol. The number of carbonyl (C=O) groups is 2. The summed E-state index contributed by atoms with van der Waals surface area (Å²) >= 11 is 0. The summed E-state index contributed by atoms with van der Waals surface area (Å²) in [4.78, 5) is 23.8. The molecule has 0 spiro atoms. The van der Waals surface area contributed by atoms with Gasteiger partial charge in [-0.3, -0.25) is 0 Å². The van der Waals surface area contributed by atoms with E-state index in [0.29, 0.717) is 11.3 Å². The van der Waals surface area contributed by atoms with Gasteiger partial charge in [-0.1, -0.05) is 30.3 Å². The number of ether oxygens (including phenoxy) is 2. The molecule has 2 N–H and O–H groups in total. The van der Waals surface area contributed by atoms with Crippen LogP contribution in [0.1, 0.15) is 12.0 Å². The van der Waals surface area contributed by atoms with Gasteiger partial charge in [0.15, 0.2) is 0 Å². The van der Waals surface area contributed by atoms with Gasteiger partial charge in [-0.25, -0.2) is 9.59 Å². The second kappa shape index (κ2) is 6.21. The highest BCUT2D eigenvalue weighted by Crippen LogP contribution is 2.23. The molecule has 1 aliphatic heterocycles. The fraction of sp³-hybridized carbons (Fsp3) is 0.286. The Morgan fingerprint density at radius 3 is 2.55 bits per heavy atom. The van der Waals surface area contributed by atoms with Crippen molar-refractivity contribution >= 4 is 17.7 Å². The van der Waals surface area contributed by atoms with Crippen LogP contribution in [0.5, 0.6) is 0 Å². The minimum atomic E-state index is -0.578. The fourth-order valence-corrected chi connectivity index (χ4v) is 2.01. The zero-order valence-electron chi connectivity index (χ0n) is 11.3. The van der Waals surface area contributed by atoms with E-state index in [1.54, 1.807) is 0 Å². The van der Waals surface area contributed by atoms with Crippen molar-refractivity contribution in [2.45, 2.75) is 12.6 Å². The van der Waals surface area contributed by atoms with Crippen molar-refractivity contribution in [3.63, 3.8) is 0 Å². The first-order valence-electron chi connectivity index (χ1n) is 6.13. The molecule has 106 valence electrons. The van der Waals surface area contributed by atoms with Gasteiger partial charge in [-0.2, -0.15) is 0 Å². The molecule has 20 heavy (non-hydrogen) atoms. The van der Waals surface area contributed by atoms with Crippen LogP contribution in [0.25, 0.3) is 5.70 Å². The number of methoxy groups -OCH3 is 2. The van der Waals surface area contributed by atoms with Gasteiger partial charge in [-0.05, 0) is 5.56 Å². The maximum absolute atomic E-state index is 12.0. The summed E-state index contributed by atoms with van der Waals surface area (Å²) in [7, 11) is 2.77. The highest BCUT2D eigenvalue weighted by Gasteiger charge is 2.27. The summed E-state index contributed by atoms with van der Waals surface area (Å²) in [5, 5.41) is 5.29. The molecule has 1 aromatic rings. The first-order valence-corrected chi connectivity index (χ1v) is 6.13. The molecule has 1 atom stereocenters. The van der Waals surface area contributed by atoms with Crippen molar-refractivity contribution in [2.24, 2.45) is 0 Å². The Hall–Kier alpha value is -2.34. The summed E-state index contributed by atoms with van der Waals surface area (Å²) in [5.74, 6) is -0.491. The van der Waals surface area contributed by atoms with Crippen LogP contribution in [0, 0.1) is 0 Å². The summed E-state index contributed by atoms with van der Waals surface area (Å²) in [6, 6.07) is 8.72. The number of hydrogen-bond donors (Lipinski definition) is 2. The van der Waals surface area contributed by atoms with E-state index < -0.39 is 18.2 Å². The lowest BCUT2D eigenvalue weighted by molar-refractivity contribution is -0.136. The molecule has 0 unspecified atom stereocenters. The lowest BCUT2D eigenvalue weighted by Gasteiger charge is -2.14. The number of nitrogens with one attached hydrogen (secondary N) is 2. The predicted octanol–water partition coefficient (Wildman–Crippen LogP) is 1.25. The molecule has 0 saturated heterocycles. The van der Waals surface area contributed by atoms with Crippen molar-refractivity contribution in [1.29, 1.82) is 0 Å². The maximum Gasteiger partial charge on any atom is 0.336 e. The van der Waals surface area contributed by atoms with Crippen molar-refractivity contribution < 1.29 is 19.1 Å². The van der Waals surface area contributed by atoms with Crippen molar-refractivity contribution in [3.8, 4) is 0 Å². The lowest BCUT2D eigenvalue weighted by Crippen LogP contribution is -2.40. The first-order chi connectivity index (χ1) is 9.65. The summed E-state index contributed by atoms with van der Waals surface area (Å²) in [6.07, 6.45) is -0.350. The topological polar surface area (TPSA) is 76.7 Å². The minimum Gasteiger partial charge on any atom is -0.466 e. The van der Waals surface area contributed by atoms with Gasteiger partial charge in [0.2, 0.25) is 0 Å². The van der Waals surface area contributed by atoms with Gasteiger partial charge >= 0.3 is 12.0 Å². The molecule has 6 heteroatoms. The molecule has 0 aliphatic carbocycles. The Kier molecular flexibility index (Phi) is 4.37. The van der Waals surface area contributed by atoms with E-state index in [1.165, 1.54) is 14.2 Å². The maximum atomic E-state index is 12.0. The van der Waals surface area contributed by atoms with Gasteiger partial charge in [-0.15, -0.1) is 0 Å². The van der Waals surface area contributed by atoms with Gasteiger partial charge in [0.1, 0.15) is 6.23 Å². The van der Waals surface area contributed by atoms with Gasteiger partial charge < -0.3 is 20.1 Å². The second-order valence-corrected chi connectivity index (χ2v) is 4.24. The van der Waals surface area contributed by atoms with Crippen LogP contribution < -0.4 is 10.6 Å². The lowest BCUT2D eigenvalue weighted by atomic mass is 10.0. The van der Waals surface area contributed by atoms with Crippen LogP contribution in [0.15, 0.2) is 35.9 Å². The number of benzene rings is 1. The van der Waals surface area contributed by atoms with Gasteiger partial charge in [0, 0.05) is 13.5 Å². The molecule has 2 amide bonds. The number of carbonyl (C=O) groups excluding carboxylic acids is 2. The molecule has 0 bridgehead atoms. The summed E-state index contributed by atoms with van der Waals surface area (Å²) in [5.41, 5.74) is 1.54. The monoisotopic (exact) mass is 276 g/mol. The average Bonchev–Trinajstić information content (AvgIpc) is 2.66. The minimum absolute atomic E-state index is 0.228. The second-order valence-electron chi connectivity index (χ2n) is 4.24. The molecule has 0 radical (unpaired) electrons. The van der Waals surface area contributed by atoms with E-state index in [4.69, 9.17) is 9.47 Å². The van der Waals surface area contributed by atoms with E-state index in [0.717, 1.165) is 5.56 Å². The smallest absolute Gasteiger partial charge is 0.336 e. The van der Waals surface area contributed by atoms with Crippen LogP contribution in [0.3, 0.4) is 0 Å². The summed E-state index contributed by atoms with van der Waals surface area (Å²) in [6.45, 7) is 0. The first kappa shape index (κ1) is 14.1. The van der Waals surface area contributed by atoms with Crippen molar-refractivity contribution in [1.82, 2.24) is 10.6 Å². The van der Waals surface area contributed by atoms with Gasteiger partial charge in [0.05, 0.1) is 18.4 Å². The molecular weight excluding hydrogens is 260 g/mol. The Morgan fingerprint density at radius 1 is 1.25 bits per heavy atom. The number of urea groups is 1. The highest BCUT2D eigenvalue weighted by molar-refractivity contribution is 6.01. The van der Waals surface area contributed by atoms with Gasteiger partial charge in [0.25, 0.3) is 0 Å². The number of hydrogen-bond acceptors (Lipinski definition) is 4. The SMILES string of the molecule is COC(=O)C1=C(c2ccccc2)NC(=O)N[C@H](OC)C1. The highest BCUT2D eigenvalue weighted by atomic mass is 16.5. The normalized spacial score (nSPS) is 18.9. The van der Waals surface area contributed by atoms with Crippen LogP contribution in [-0.2, 0) is 14.3 Å². The molecule has 0 aromatic heterocycles. The van der Waals surface area contributed by atoms with E-state index >= 15 is 0 Å². The van der Waals surface area contributed by atoms with Crippen LogP contribution >= 0.6 is 0 Å². The Labute approximate surface area is 116 Å². The summed E-state index contributed by atoms with van der Waals surface area (Å²) < 4.78 is 9.93. The average molecular weight is 276 g/mol. The zero-order valence-corrected chi connectivity index (χ0v) is 11.3. The Bertz CT molecular complexity index is 539. The van der Waals surface area contributed by atoms with Crippen molar-refractivity contribution in [3.05, 3.63) is 41.5 Å². The molecule has 0 saturated carbocycles. The van der Waals surface area contributed by atoms with E-state index in [9.17, 15) is 9.59 Å². The Balaban J connectivity index is 2.50. The third-order valence-corrected chi connectivity index (χ3v) is 3.00. The number of rotatable bonds is 3. The standard InChI is InChI=1S/C14H16N2O4/c1-19-11-8-10(13(17)20-2)12(16-14(18)15-11)9-6-4-3-5-7-9/h3-7,11H,8H2,1-2H3,(H2,15,16,18)/t11-/m1/s1. The van der Waals surface area contributed by atoms with Crippen LogP contribution in [-0.4, -0.2) is 32.4 Å². The quantitative estimate of drug-likeness (QED) is 0.814. The van der Waals surface area contributed by atoms with E-state index in [2.05, 4.69) is 10.6 Å². The third-order valence-electron chi connectivity index (χ3n) is 3.00. The molecule has 0 fully saturated rings. The number of esters is 1. The van der Waals surface area contributed by atoms with Crippen LogP contribution in [0.4, 0.5) is 4.79 Å². The van der Waals surface area contributed by atoms with Crippen LogP contribution in [0.2, 0.25) is 0 Å². The molecule has 1 aromatic carbocycles. The van der Waals surface area contributed by atoms with Crippen molar-refractivity contribution in [2.75, 3.05) is 14.2 Å². The van der Waals surface area contributed by atoms with E-state index in [-0.39, 0.29) is 6.42 Å². The molecule has 1 heterocycles. The largest absolute Gasteiger partial charge is 0.466 e. The molecule has 6 nitrogen and oxygen atoms in total. The molecular formula is C14H16N2O4. The fourth-order valence-electron chi connectivity index (χ4n) is 2.01. The molecule has 1 aliphatic rings. The zero-order chi connectivity index (χ0) is 14.5. The molecule has 2 rings (SSSR count). The Morgan fingerprint density at radius 2 is 1.95 bits per heavy atom.